The third kappa shape index (κ3) is 7.65. The highest BCUT2D eigenvalue weighted by molar-refractivity contribution is 5.73. The molecule has 2 N–H and O–H groups in total. The summed E-state index contributed by atoms with van der Waals surface area (Å²) in [5.74, 6) is -0.655. The molecule has 0 aromatic heterocycles. The van der Waals surface area contributed by atoms with Gasteiger partial charge in [0.25, 0.3) is 0 Å². The van der Waals surface area contributed by atoms with Crippen molar-refractivity contribution in [2.24, 2.45) is 5.92 Å². The predicted molar refractivity (Wildman–Crippen MR) is 64.6 cm³/mol. The summed E-state index contributed by atoms with van der Waals surface area (Å²) in [6, 6.07) is -0.439. The minimum Gasteiger partial charge on any atom is -0.480 e. The van der Waals surface area contributed by atoms with E-state index in [1.807, 2.05) is 27.7 Å². The first-order valence-corrected chi connectivity index (χ1v) is 6.03. The Labute approximate surface area is 98.4 Å². The van der Waals surface area contributed by atoms with E-state index in [0.717, 1.165) is 26.0 Å². The van der Waals surface area contributed by atoms with Gasteiger partial charge in [0.2, 0.25) is 0 Å². The van der Waals surface area contributed by atoms with Crippen LogP contribution in [0.2, 0.25) is 0 Å². The van der Waals surface area contributed by atoms with Crippen LogP contribution in [0.5, 0.6) is 0 Å². The van der Waals surface area contributed by atoms with E-state index in [2.05, 4.69) is 5.32 Å². The number of unbranched alkanes of at least 4 members (excludes halogenated alkanes) is 1. The molecule has 0 amide bonds. The topological polar surface area (TPSA) is 58.6 Å². The molecular formula is C12H25NO3. The lowest BCUT2D eigenvalue weighted by Gasteiger charge is -2.17. The summed E-state index contributed by atoms with van der Waals surface area (Å²) in [6.45, 7) is 9.33. The van der Waals surface area contributed by atoms with Gasteiger partial charge in [-0.3, -0.25) is 4.79 Å². The Balaban J connectivity index is 3.52. The number of carboxylic acid groups (broad SMARTS) is 1. The fourth-order valence-electron chi connectivity index (χ4n) is 1.41. The smallest absolute Gasteiger partial charge is 0.320 e. The molecular weight excluding hydrogens is 206 g/mol. The molecule has 0 spiro atoms. The molecule has 0 aromatic rings. The third-order valence-corrected chi connectivity index (χ3v) is 2.32. The monoisotopic (exact) mass is 231 g/mol. The Morgan fingerprint density at radius 2 is 1.88 bits per heavy atom. The summed E-state index contributed by atoms with van der Waals surface area (Å²) < 4.78 is 5.40. The van der Waals surface area contributed by atoms with E-state index in [9.17, 15) is 4.79 Å². The Morgan fingerprint density at radius 1 is 1.25 bits per heavy atom. The second-order valence-electron chi connectivity index (χ2n) is 4.64. The molecule has 0 aliphatic rings. The van der Waals surface area contributed by atoms with E-state index in [4.69, 9.17) is 9.84 Å². The summed E-state index contributed by atoms with van der Waals surface area (Å²) in [4.78, 5) is 10.9. The molecule has 0 radical (unpaired) electrons. The molecule has 1 unspecified atom stereocenters. The first kappa shape index (κ1) is 15.4. The highest BCUT2D eigenvalue weighted by Gasteiger charge is 2.19. The number of carbonyl (C=O) groups is 1. The molecule has 0 aromatic carbocycles. The van der Waals surface area contributed by atoms with Gasteiger partial charge in [0, 0.05) is 6.61 Å². The van der Waals surface area contributed by atoms with Crippen molar-refractivity contribution in [2.45, 2.75) is 52.7 Å². The van der Waals surface area contributed by atoms with Crippen molar-refractivity contribution in [3.05, 3.63) is 0 Å². The first-order valence-electron chi connectivity index (χ1n) is 6.03. The zero-order valence-corrected chi connectivity index (χ0v) is 10.8. The van der Waals surface area contributed by atoms with Crippen LogP contribution in [0.25, 0.3) is 0 Å². The van der Waals surface area contributed by atoms with Gasteiger partial charge in [0.15, 0.2) is 0 Å². The lowest BCUT2D eigenvalue weighted by Crippen LogP contribution is -2.41. The largest absolute Gasteiger partial charge is 0.480 e. The molecule has 0 fully saturated rings. The molecule has 4 nitrogen and oxygen atoms in total. The predicted octanol–water partition coefficient (Wildman–Crippen LogP) is 1.89. The Morgan fingerprint density at radius 3 is 2.31 bits per heavy atom. The summed E-state index contributed by atoms with van der Waals surface area (Å²) in [6.07, 6.45) is 2.19. The molecule has 0 bridgehead atoms. The number of carboxylic acids is 1. The van der Waals surface area contributed by atoms with E-state index in [1.165, 1.54) is 0 Å². The Hall–Kier alpha value is -0.610. The average molecular weight is 231 g/mol. The van der Waals surface area contributed by atoms with E-state index >= 15 is 0 Å². The minimum atomic E-state index is -0.770. The van der Waals surface area contributed by atoms with Crippen LogP contribution in [0, 0.1) is 5.92 Å². The van der Waals surface area contributed by atoms with Gasteiger partial charge in [-0.15, -0.1) is 0 Å². The molecule has 16 heavy (non-hydrogen) atoms. The van der Waals surface area contributed by atoms with Crippen molar-refractivity contribution in [1.82, 2.24) is 5.32 Å². The molecule has 0 saturated carbocycles. The fraction of sp³-hybridized carbons (Fsp3) is 0.917. The van der Waals surface area contributed by atoms with Crippen molar-refractivity contribution in [2.75, 3.05) is 13.2 Å². The third-order valence-electron chi connectivity index (χ3n) is 2.32. The minimum absolute atomic E-state index is 0.115. The van der Waals surface area contributed by atoms with Gasteiger partial charge < -0.3 is 15.2 Å². The van der Waals surface area contributed by atoms with Gasteiger partial charge in [-0.1, -0.05) is 13.8 Å². The summed E-state index contributed by atoms with van der Waals surface area (Å²) >= 11 is 0. The van der Waals surface area contributed by atoms with Crippen LogP contribution in [0.3, 0.4) is 0 Å². The first-order chi connectivity index (χ1) is 7.45. The number of hydrogen-bond acceptors (Lipinski definition) is 3. The molecule has 0 aliphatic carbocycles. The number of aliphatic carboxylic acids is 1. The quantitative estimate of drug-likeness (QED) is 0.595. The highest BCUT2D eigenvalue weighted by Crippen LogP contribution is 2.02. The molecule has 0 heterocycles. The van der Waals surface area contributed by atoms with Gasteiger partial charge in [-0.25, -0.2) is 0 Å². The summed E-state index contributed by atoms with van der Waals surface area (Å²) in [5, 5.41) is 12.0. The lowest BCUT2D eigenvalue weighted by atomic mass is 10.0. The van der Waals surface area contributed by atoms with Crippen LogP contribution in [0.15, 0.2) is 0 Å². The fourth-order valence-corrected chi connectivity index (χ4v) is 1.41. The van der Waals surface area contributed by atoms with Crippen LogP contribution >= 0.6 is 0 Å². The number of nitrogens with one attached hydrogen (secondary N) is 1. The average Bonchev–Trinajstić information content (AvgIpc) is 2.14. The van der Waals surface area contributed by atoms with E-state index in [-0.39, 0.29) is 12.0 Å². The molecule has 96 valence electrons. The highest BCUT2D eigenvalue weighted by atomic mass is 16.5. The molecule has 0 saturated heterocycles. The lowest BCUT2D eigenvalue weighted by molar-refractivity contribution is -0.140. The summed E-state index contributed by atoms with van der Waals surface area (Å²) in [5.41, 5.74) is 0. The maximum absolute atomic E-state index is 10.9. The van der Waals surface area contributed by atoms with Crippen molar-refractivity contribution in [3.63, 3.8) is 0 Å². The SMILES string of the molecule is CC(C)OCCCCNC(C(=O)O)C(C)C. The molecule has 0 aliphatic heterocycles. The van der Waals surface area contributed by atoms with Crippen LogP contribution in [0.1, 0.15) is 40.5 Å². The van der Waals surface area contributed by atoms with Crippen LogP contribution in [0.4, 0.5) is 0 Å². The maximum atomic E-state index is 10.9. The second-order valence-corrected chi connectivity index (χ2v) is 4.64. The van der Waals surface area contributed by atoms with Crippen molar-refractivity contribution < 1.29 is 14.6 Å². The molecule has 4 heteroatoms. The molecule has 0 rings (SSSR count). The number of ether oxygens (including phenoxy) is 1. The van der Waals surface area contributed by atoms with E-state index in [1.54, 1.807) is 0 Å². The van der Waals surface area contributed by atoms with Gasteiger partial charge >= 0.3 is 5.97 Å². The van der Waals surface area contributed by atoms with E-state index < -0.39 is 12.0 Å². The van der Waals surface area contributed by atoms with Gasteiger partial charge in [0.05, 0.1) is 6.10 Å². The standard InChI is InChI=1S/C12H25NO3/c1-9(2)11(12(14)15)13-7-5-6-8-16-10(3)4/h9-11,13H,5-8H2,1-4H3,(H,14,15). The summed E-state index contributed by atoms with van der Waals surface area (Å²) in [7, 11) is 0. The second kappa shape index (κ2) is 8.53. The van der Waals surface area contributed by atoms with E-state index in [0.29, 0.717) is 0 Å². The van der Waals surface area contributed by atoms with Crippen molar-refractivity contribution in [1.29, 1.82) is 0 Å². The normalized spacial score (nSPS) is 13.4. The maximum Gasteiger partial charge on any atom is 0.320 e. The van der Waals surface area contributed by atoms with Crippen molar-refractivity contribution in [3.8, 4) is 0 Å². The Bertz CT molecular complexity index is 193. The van der Waals surface area contributed by atoms with Crippen LogP contribution in [-0.2, 0) is 9.53 Å². The number of hydrogen-bond donors (Lipinski definition) is 2. The number of rotatable bonds is 9. The molecule has 1 atom stereocenters. The van der Waals surface area contributed by atoms with Gasteiger partial charge in [0.1, 0.15) is 6.04 Å². The van der Waals surface area contributed by atoms with Gasteiger partial charge in [-0.2, -0.15) is 0 Å². The zero-order chi connectivity index (χ0) is 12.6. The van der Waals surface area contributed by atoms with Crippen LogP contribution in [-0.4, -0.2) is 36.4 Å². The van der Waals surface area contributed by atoms with Crippen molar-refractivity contribution >= 4 is 5.97 Å². The van der Waals surface area contributed by atoms with Crippen LogP contribution < -0.4 is 5.32 Å². The zero-order valence-electron chi connectivity index (χ0n) is 10.8. The van der Waals surface area contributed by atoms with Gasteiger partial charge in [-0.05, 0) is 39.2 Å². The Kier molecular flexibility index (Phi) is 8.21.